The van der Waals surface area contributed by atoms with Crippen molar-refractivity contribution in [1.29, 1.82) is 0 Å². The number of nitro groups is 1. The number of hydrazone groups is 1. The van der Waals surface area contributed by atoms with Gasteiger partial charge in [-0.1, -0.05) is 12.1 Å². The van der Waals surface area contributed by atoms with Crippen molar-refractivity contribution in [3.8, 4) is 5.75 Å². The average molecular weight is 289 g/mol. The Bertz CT molecular complexity index is 722. The van der Waals surface area contributed by atoms with Gasteiger partial charge in [0, 0.05) is 12.6 Å². The first kappa shape index (κ1) is 14.2. The number of para-hydroxylation sites is 1. The van der Waals surface area contributed by atoms with E-state index in [1.807, 2.05) is 0 Å². The summed E-state index contributed by atoms with van der Waals surface area (Å²) in [5, 5.41) is 27.6. The molecule has 0 spiro atoms. The summed E-state index contributed by atoms with van der Waals surface area (Å²) >= 11 is 0. The van der Waals surface area contributed by atoms with E-state index in [0.29, 0.717) is 5.56 Å². The van der Waals surface area contributed by atoms with E-state index in [4.69, 9.17) is 0 Å². The molecule has 1 heterocycles. The van der Waals surface area contributed by atoms with Crippen molar-refractivity contribution in [3.63, 3.8) is 0 Å². The molecule has 2 N–H and O–H groups in total. The van der Waals surface area contributed by atoms with Gasteiger partial charge in [-0.05, 0) is 12.1 Å². The summed E-state index contributed by atoms with van der Waals surface area (Å²) in [6.45, 7) is 0. The number of nitrogens with one attached hydrogen (secondary N) is 1. The van der Waals surface area contributed by atoms with E-state index in [-0.39, 0.29) is 11.4 Å². The lowest BCUT2D eigenvalue weighted by atomic mass is 10.2. The summed E-state index contributed by atoms with van der Waals surface area (Å²) in [4.78, 5) is 21.9. The predicted molar refractivity (Wildman–Crippen MR) is 73.0 cm³/mol. The number of hydrogen-bond donors (Lipinski definition) is 2. The normalized spacial score (nSPS) is 10.7. The van der Waals surface area contributed by atoms with Crippen molar-refractivity contribution in [3.05, 3.63) is 51.8 Å². The molecule has 2 rings (SSSR count). The minimum absolute atomic E-state index is 0.000634. The first-order valence-electron chi connectivity index (χ1n) is 5.78. The highest BCUT2D eigenvalue weighted by atomic mass is 16.6. The van der Waals surface area contributed by atoms with Crippen LogP contribution in [0.1, 0.15) is 16.1 Å². The molecule has 21 heavy (non-hydrogen) atoms. The molecule has 0 bridgehead atoms. The molecule has 0 atom stereocenters. The van der Waals surface area contributed by atoms with Crippen molar-refractivity contribution >= 4 is 17.8 Å². The first-order valence-corrected chi connectivity index (χ1v) is 5.78. The molecule has 0 unspecified atom stereocenters. The van der Waals surface area contributed by atoms with Crippen LogP contribution < -0.4 is 5.43 Å². The second kappa shape index (κ2) is 5.82. The Morgan fingerprint density at radius 2 is 2.24 bits per heavy atom. The Kier molecular flexibility index (Phi) is 3.93. The molecular weight excluding hydrogens is 278 g/mol. The fourth-order valence-corrected chi connectivity index (χ4v) is 1.58. The van der Waals surface area contributed by atoms with Gasteiger partial charge in [0.05, 0.1) is 11.1 Å². The van der Waals surface area contributed by atoms with Crippen LogP contribution in [-0.4, -0.2) is 31.9 Å². The summed E-state index contributed by atoms with van der Waals surface area (Å²) in [6.07, 6.45) is 2.35. The topological polar surface area (TPSA) is 123 Å². The number of carbonyl (C=O) groups is 1. The number of phenols is 1. The highest BCUT2D eigenvalue weighted by molar-refractivity contribution is 5.96. The molecule has 0 radical (unpaired) electrons. The predicted octanol–water partition coefficient (Wildman–Crippen LogP) is 0.798. The highest BCUT2D eigenvalue weighted by Gasteiger charge is 2.24. The third kappa shape index (κ3) is 3.21. The van der Waals surface area contributed by atoms with Crippen molar-refractivity contribution < 1.29 is 14.8 Å². The van der Waals surface area contributed by atoms with Crippen LogP contribution in [0.15, 0.2) is 35.6 Å². The number of aromatic nitrogens is 2. The monoisotopic (exact) mass is 289 g/mol. The van der Waals surface area contributed by atoms with Crippen molar-refractivity contribution in [2.45, 2.75) is 0 Å². The van der Waals surface area contributed by atoms with E-state index in [2.05, 4.69) is 15.6 Å². The SMILES string of the molecule is Cn1cc([N+](=O)[O-])c(C(=O)N/N=C/c2ccccc2O)n1. The van der Waals surface area contributed by atoms with Crippen LogP contribution in [0, 0.1) is 10.1 Å². The smallest absolute Gasteiger partial charge is 0.320 e. The number of carbonyl (C=O) groups excluding carboxylic acids is 1. The molecule has 9 heteroatoms. The molecular formula is C12H11N5O4. The molecule has 0 saturated carbocycles. The van der Waals surface area contributed by atoms with E-state index in [1.54, 1.807) is 18.2 Å². The summed E-state index contributed by atoms with van der Waals surface area (Å²) < 4.78 is 1.17. The first-order chi connectivity index (χ1) is 9.99. The van der Waals surface area contributed by atoms with Crippen LogP contribution in [0.5, 0.6) is 5.75 Å². The molecule has 108 valence electrons. The summed E-state index contributed by atoms with van der Waals surface area (Å²) in [6, 6.07) is 6.38. The molecule has 1 amide bonds. The molecule has 9 nitrogen and oxygen atoms in total. The quantitative estimate of drug-likeness (QED) is 0.489. The zero-order valence-electron chi connectivity index (χ0n) is 10.9. The molecule has 0 fully saturated rings. The zero-order chi connectivity index (χ0) is 15.4. The van der Waals surface area contributed by atoms with E-state index in [1.165, 1.54) is 24.0 Å². The van der Waals surface area contributed by atoms with Crippen molar-refractivity contribution in [1.82, 2.24) is 15.2 Å². The second-order valence-electron chi connectivity index (χ2n) is 4.05. The number of phenolic OH excluding ortho intramolecular Hbond substituents is 1. The standard InChI is InChI=1S/C12H11N5O4/c1-16-7-9(17(20)21)11(15-16)12(19)14-13-6-8-4-2-3-5-10(8)18/h2-7,18H,1H3,(H,14,19)/b13-6+. The Hall–Kier alpha value is -3.23. The largest absolute Gasteiger partial charge is 0.507 e. The van der Waals surface area contributed by atoms with Gasteiger partial charge in [-0.15, -0.1) is 0 Å². The molecule has 0 aliphatic rings. The van der Waals surface area contributed by atoms with Gasteiger partial charge >= 0.3 is 5.69 Å². The molecule has 0 saturated heterocycles. The second-order valence-corrected chi connectivity index (χ2v) is 4.05. The van der Waals surface area contributed by atoms with Gasteiger partial charge in [-0.25, -0.2) is 5.43 Å². The van der Waals surface area contributed by atoms with Crippen LogP contribution in [0.3, 0.4) is 0 Å². The van der Waals surface area contributed by atoms with Gasteiger partial charge in [0.15, 0.2) is 0 Å². The molecule has 1 aromatic carbocycles. The lowest BCUT2D eigenvalue weighted by Gasteiger charge is -1.98. The van der Waals surface area contributed by atoms with Gasteiger partial charge in [-0.2, -0.15) is 10.2 Å². The molecule has 0 aliphatic heterocycles. The maximum atomic E-state index is 11.8. The highest BCUT2D eigenvalue weighted by Crippen LogP contribution is 2.16. The Morgan fingerprint density at radius 1 is 1.52 bits per heavy atom. The molecule has 1 aromatic heterocycles. The third-order valence-electron chi connectivity index (χ3n) is 2.53. The van der Waals surface area contributed by atoms with Crippen LogP contribution in [0.4, 0.5) is 5.69 Å². The van der Waals surface area contributed by atoms with E-state index in [0.717, 1.165) is 6.20 Å². The van der Waals surface area contributed by atoms with Crippen LogP contribution in [0.2, 0.25) is 0 Å². The zero-order valence-corrected chi connectivity index (χ0v) is 10.9. The van der Waals surface area contributed by atoms with Gasteiger partial charge in [-0.3, -0.25) is 19.6 Å². The molecule has 0 aliphatic carbocycles. The summed E-state index contributed by atoms with van der Waals surface area (Å²) in [5.74, 6) is -0.812. The van der Waals surface area contributed by atoms with Gasteiger partial charge in [0.1, 0.15) is 11.9 Å². The van der Waals surface area contributed by atoms with E-state index < -0.39 is 16.5 Å². The number of amides is 1. The maximum Gasteiger partial charge on any atom is 0.320 e. The Morgan fingerprint density at radius 3 is 2.90 bits per heavy atom. The van der Waals surface area contributed by atoms with Crippen LogP contribution >= 0.6 is 0 Å². The fourth-order valence-electron chi connectivity index (χ4n) is 1.58. The van der Waals surface area contributed by atoms with Gasteiger partial charge in [0.2, 0.25) is 5.69 Å². The van der Waals surface area contributed by atoms with Crippen molar-refractivity contribution in [2.24, 2.45) is 12.1 Å². The summed E-state index contributed by atoms with van der Waals surface area (Å²) in [5.41, 5.74) is 1.77. The van der Waals surface area contributed by atoms with E-state index in [9.17, 15) is 20.0 Å². The number of hydrogen-bond acceptors (Lipinski definition) is 6. The lowest BCUT2D eigenvalue weighted by molar-refractivity contribution is -0.385. The lowest BCUT2D eigenvalue weighted by Crippen LogP contribution is -2.19. The number of rotatable bonds is 4. The minimum Gasteiger partial charge on any atom is -0.507 e. The Labute approximate surface area is 118 Å². The van der Waals surface area contributed by atoms with Gasteiger partial charge < -0.3 is 5.11 Å². The maximum absolute atomic E-state index is 11.8. The average Bonchev–Trinajstić information content (AvgIpc) is 2.83. The molecule has 2 aromatic rings. The minimum atomic E-state index is -0.811. The van der Waals surface area contributed by atoms with Gasteiger partial charge in [0.25, 0.3) is 5.91 Å². The van der Waals surface area contributed by atoms with E-state index >= 15 is 0 Å². The number of aromatic hydroxyl groups is 1. The Balaban J connectivity index is 2.12. The number of nitrogens with zero attached hydrogens (tertiary/aromatic N) is 4. The van der Waals surface area contributed by atoms with Crippen molar-refractivity contribution in [2.75, 3.05) is 0 Å². The summed E-state index contributed by atoms with van der Waals surface area (Å²) in [7, 11) is 1.47. The number of aryl methyl sites for hydroxylation is 1. The number of benzene rings is 1. The fraction of sp³-hybridized carbons (Fsp3) is 0.0833. The van der Waals surface area contributed by atoms with Crippen LogP contribution in [-0.2, 0) is 7.05 Å². The third-order valence-corrected chi connectivity index (χ3v) is 2.53. The van der Waals surface area contributed by atoms with Crippen LogP contribution in [0.25, 0.3) is 0 Å².